The minimum absolute atomic E-state index is 0.0284. The van der Waals surface area contributed by atoms with Crippen LogP contribution in [0.5, 0.6) is 0 Å². The van der Waals surface area contributed by atoms with E-state index in [4.69, 9.17) is 4.74 Å². The monoisotopic (exact) mass is 223 g/mol. The standard InChI is InChI=1S/C13H21NO2/c1-4-6-8-12-10(3)14-13(16-12)9-11(15)7-5-2/h9,12,14H,3-8H2,1-2H3/b13-9+/t12-/m0/s1. The maximum atomic E-state index is 11.4. The van der Waals surface area contributed by atoms with Crippen LogP contribution in [-0.2, 0) is 9.53 Å². The molecule has 90 valence electrons. The van der Waals surface area contributed by atoms with Crippen LogP contribution >= 0.6 is 0 Å². The molecule has 1 atom stereocenters. The summed E-state index contributed by atoms with van der Waals surface area (Å²) in [5, 5.41) is 3.03. The fourth-order valence-corrected chi connectivity index (χ4v) is 1.65. The van der Waals surface area contributed by atoms with Crippen molar-refractivity contribution in [2.24, 2.45) is 0 Å². The van der Waals surface area contributed by atoms with Crippen LogP contribution in [0.1, 0.15) is 46.0 Å². The Morgan fingerprint density at radius 2 is 2.25 bits per heavy atom. The summed E-state index contributed by atoms with van der Waals surface area (Å²) < 4.78 is 5.62. The summed E-state index contributed by atoms with van der Waals surface area (Å²) in [6.07, 6.45) is 6.22. The molecule has 0 amide bonds. The zero-order valence-electron chi connectivity index (χ0n) is 10.2. The summed E-state index contributed by atoms with van der Waals surface area (Å²) >= 11 is 0. The molecule has 0 aromatic heterocycles. The van der Waals surface area contributed by atoms with Gasteiger partial charge in [-0.2, -0.15) is 0 Å². The second-order valence-corrected chi connectivity index (χ2v) is 4.12. The molecule has 0 spiro atoms. The van der Waals surface area contributed by atoms with E-state index in [0.717, 1.165) is 31.4 Å². The topological polar surface area (TPSA) is 38.3 Å². The summed E-state index contributed by atoms with van der Waals surface area (Å²) in [6.45, 7) is 8.04. The number of ether oxygens (including phenoxy) is 1. The van der Waals surface area contributed by atoms with E-state index in [2.05, 4.69) is 18.8 Å². The molecule has 1 aliphatic rings. The van der Waals surface area contributed by atoms with Gasteiger partial charge in [0.1, 0.15) is 6.10 Å². The van der Waals surface area contributed by atoms with Gasteiger partial charge in [-0.15, -0.1) is 0 Å². The molecule has 0 aliphatic carbocycles. The maximum absolute atomic E-state index is 11.4. The van der Waals surface area contributed by atoms with Crippen LogP contribution < -0.4 is 5.32 Å². The van der Waals surface area contributed by atoms with Gasteiger partial charge in [-0.25, -0.2) is 0 Å². The van der Waals surface area contributed by atoms with E-state index < -0.39 is 0 Å². The highest BCUT2D eigenvalue weighted by Gasteiger charge is 2.23. The fraction of sp³-hybridized carbons (Fsp3) is 0.615. The van der Waals surface area contributed by atoms with E-state index >= 15 is 0 Å². The molecule has 1 saturated heterocycles. The van der Waals surface area contributed by atoms with Crippen molar-refractivity contribution in [1.29, 1.82) is 0 Å². The summed E-state index contributed by atoms with van der Waals surface area (Å²) in [6, 6.07) is 0. The quantitative estimate of drug-likeness (QED) is 0.704. The molecule has 16 heavy (non-hydrogen) atoms. The molecule has 1 fully saturated rings. The molecule has 3 heteroatoms. The Kier molecular flexibility index (Phi) is 5.09. The Morgan fingerprint density at radius 3 is 2.88 bits per heavy atom. The highest BCUT2D eigenvalue weighted by Crippen LogP contribution is 2.21. The smallest absolute Gasteiger partial charge is 0.195 e. The number of unbranched alkanes of at least 4 members (excludes halogenated alkanes) is 1. The van der Waals surface area contributed by atoms with Crippen LogP contribution in [0.15, 0.2) is 24.2 Å². The van der Waals surface area contributed by atoms with Crippen LogP contribution in [0.25, 0.3) is 0 Å². The van der Waals surface area contributed by atoms with Gasteiger partial charge in [0.25, 0.3) is 0 Å². The highest BCUT2D eigenvalue weighted by atomic mass is 16.5. The molecular weight excluding hydrogens is 202 g/mol. The minimum Gasteiger partial charge on any atom is -0.469 e. The van der Waals surface area contributed by atoms with E-state index in [-0.39, 0.29) is 11.9 Å². The van der Waals surface area contributed by atoms with Crippen LogP contribution in [0.4, 0.5) is 0 Å². The Morgan fingerprint density at radius 1 is 1.50 bits per heavy atom. The average Bonchev–Trinajstić information content (AvgIpc) is 2.56. The van der Waals surface area contributed by atoms with Gasteiger partial charge < -0.3 is 10.1 Å². The second-order valence-electron chi connectivity index (χ2n) is 4.12. The van der Waals surface area contributed by atoms with E-state index in [9.17, 15) is 4.79 Å². The van der Waals surface area contributed by atoms with Crippen molar-refractivity contribution in [3.8, 4) is 0 Å². The maximum Gasteiger partial charge on any atom is 0.195 e. The van der Waals surface area contributed by atoms with Crippen molar-refractivity contribution in [1.82, 2.24) is 5.32 Å². The van der Waals surface area contributed by atoms with Crippen LogP contribution in [0.3, 0.4) is 0 Å². The number of hydrogen-bond acceptors (Lipinski definition) is 3. The number of carbonyl (C=O) groups is 1. The largest absolute Gasteiger partial charge is 0.469 e. The molecule has 1 N–H and O–H groups in total. The lowest BCUT2D eigenvalue weighted by molar-refractivity contribution is -0.114. The third-order valence-corrected chi connectivity index (χ3v) is 2.55. The number of rotatable bonds is 6. The SMILES string of the molecule is C=C1N/C(=C\C(=O)CCC)O[C@H]1CCCC. The zero-order valence-corrected chi connectivity index (χ0v) is 10.2. The zero-order chi connectivity index (χ0) is 12.0. The Balaban J connectivity index is 2.48. The Bertz CT molecular complexity index is 294. The van der Waals surface area contributed by atoms with Crippen LogP contribution in [-0.4, -0.2) is 11.9 Å². The lowest BCUT2D eigenvalue weighted by Gasteiger charge is -2.07. The first-order chi connectivity index (χ1) is 7.67. The Labute approximate surface area is 97.6 Å². The summed E-state index contributed by atoms with van der Waals surface area (Å²) in [5.41, 5.74) is 0.865. The molecule has 0 saturated carbocycles. The highest BCUT2D eigenvalue weighted by molar-refractivity contribution is 5.90. The molecule has 0 radical (unpaired) electrons. The molecule has 0 unspecified atom stereocenters. The van der Waals surface area contributed by atoms with Gasteiger partial charge in [0, 0.05) is 12.5 Å². The number of carbonyl (C=O) groups excluding carboxylic acids is 1. The third kappa shape index (κ3) is 3.72. The van der Waals surface area contributed by atoms with Crippen molar-refractivity contribution in [3.05, 3.63) is 24.2 Å². The molecule has 1 aliphatic heterocycles. The van der Waals surface area contributed by atoms with E-state index in [1.54, 1.807) is 6.08 Å². The molecule has 0 aromatic rings. The first-order valence-electron chi connectivity index (χ1n) is 6.04. The molecule has 1 heterocycles. The first kappa shape index (κ1) is 12.8. The normalized spacial score (nSPS) is 22.0. The van der Waals surface area contributed by atoms with Gasteiger partial charge in [0.05, 0.1) is 5.70 Å². The molecule has 1 rings (SSSR count). The molecule has 0 aromatic carbocycles. The van der Waals surface area contributed by atoms with Gasteiger partial charge in [0.2, 0.25) is 0 Å². The number of ketones is 1. The van der Waals surface area contributed by atoms with Crippen LogP contribution in [0, 0.1) is 0 Å². The van der Waals surface area contributed by atoms with Gasteiger partial charge >= 0.3 is 0 Å². The lowest BCUT2D eigenvalue weighted by Crippen LogP contribution is -2.09. The average molecular weight is 223 g/mol. The van der Waals surface area contributed by atoms with Crippen molar-refractivity contribution in [3.63, 3.8) is 0 Å². The van der Waals surface area contributed by atoms with E-state index in [0.29, 0.717) is 12.3 Å². The number of allylic oxidation sites excluding steroid dienone is 1. The van der Waals surface area contributed by atoms with Gasteiger partial charge in [-0.1, -0.05) is 26.8 Å². The first-order valence-corrected chi connectivity index (χ1v) is 6.04. The molecule has 0 bridgehead atoms. The molecule has 3 nitrogen and oxygen atoms in total. The van der Waals surface area contributed by atoms with E-state index in [1.165, 1.54) is 0 Å². The molecular formula is C13H21NO2. The fourth-order valence-electron chi connectivity index (χ4n) is 1.65. The minimum atomic E-state index is 0.0284. The predicted octanol–water partition coefficient (Wildman–Crippen LogP) is 2.89. The third-order valence-electron chi connectivity index (χ3n) is 2.55. The summed E-state index contributed by atoms with van der Waals surface area (Å²) in [4.78, 5) is 11.4. The lowest BCUT2D eigenvalue weighted by atomic mass is 10.1. The van der Waals surface area contributed by atoms with Crippen molar-refractivity contribution < 1.29 is 9.53 Å². The second kappa shape index (κ2) is 6.36. The van der Waals surface area contributed by atoms with Crippen molar-refractivity contribution >= 4 is 5.78 Å². The Hall–Kier alpha value is -1.25. The van der Waals surface area contributed by atoms with Crippen molar-refractivity contribution in [2.45, 2.75) is 52.1 Å². The predicted molar refractivity (Wildman–Crippen MR) is 64.7 cm³/mol. The summed E-state index contributed by atoms with van der Waals surface area (Å²) in [5.74, 6) is 0.665. The summed E-state index contributed by atoms with van der Waals surface area (Å²) in [7, 11) is 0. The van der Waals surface area contributed by atoms with Gasteiger partial charge in [-0.05, 0) is 19.3 Å². The van der Waals surface area contributed by atoms with Crippen molar-refractivity contribution in [2.75, 3.05) is 0 Å². The number of nitrogens with one attached hydrogen (secondary N) is 1. The van der Waals surface area contributed by atoms with Gasteiger partial charge in [0.15, 0.2) is 11.7 Å². The van der Waals surface area contributed by atoms with Crippen LogP contribution in [0.2, 0.25) is 0 Å². The number of hydrogen-bond donors (Lipinski definition) is 1. The van der Waals surface area contributed by atoms with E-state index in [1.807, 2.05) is 6.92 Å². The van der Waals surface area contributed by atoms with Gasteiger partial charge in [-0.3, -0.25) is 4.79 Å².